The van der Waals surface area contributed by atoms with Crippen molar-refractivity contribution in [1.82, 2.24) is 0 Å². The largest absolute Gasteiger partial charge is 0.384 e. The number of fused-ring (bicyclic) bond motifs is 1. The zero-order chi connectivity index (χ0) is 14.1. The molecule has 2 aromatic carbocycles. The van der Waals surface area contributed by atoms with Gasteiger partial charge in [0.2, 0.25) is 0 Å². The van der Waals surface area contributed by atoms with Gasteiger partial charge in [-0.3, -0.25) is 5.41 Å². The van der Waals surface area contributed by atoms with Crippen LogP contribution in [0.1, 0.15) is 16.7 Å². The molecule has 3 N–H and O–H groups in total. The van der Waals surface area contributed by atoms with Crippen LogP contribution < -0.4 is 10.6 Å². The predicted octanol–water partition coefficient (Wildman–Crippen LogP) is 3.09. The van der Waals surface area contributed by atoms with Gasteiger partial charge in [0, 0.05) is 13.1 Å². The van der Waals surface area contributed by atoms with Gasteiger partial charge in [-0.05, 0) is 29.7 Å². The third-order valence-corrected chi connectivity index (χ3v) is 3.73. The number of benzene rings is 2. The topological polar surface area (TPSA) is 53.1 Å². The molecule has 0 bridgehead atoms. The smallest absolute Gasteiger partial charge is 0.136 e. The average molecular weight is 306 g/mol. The van der Waals surface area contributed by atoms with E-state index >= 15 is 0 Å². The second-order valence-electron chi connectivity index (χ2n) is 4.99. The first kappa shape index (κ1) is 15.3. The molecule has 0 radical (unpaired) electrons. The SMILES string of the molecule is Cl.N=C(N)c1c(F)cccc1N1CCc2ccccc2C1. The molecule has 0 amide bonds. The number of nitrogens with zero attached hydrogens (tertiary/aromatic N) is 1. The van der Waals surface area contributed by atoms with Gasteiger partial charge < -0.3 is 10.6 Å². The van der Waals surface area contributed by atoms with Gasteiger partial charge in [0.05, 0.1) is 11.3 Å². The fourth-order valence-corrected chi connectivity index (χ4v) is 2.74. The maximum atomic E-state index is 13.9. The van der Waals surface area contributed by atoms with Crippen LogP contribution in [0.5, 0.6) is 0 Å². The summed E-state index contributed by atoms with van der Waals surface area (Å²) in [5.41, 5.74) is 9.02. The summed E-state index contributed by atoms with van der Waals surface area (Å²) in [5, 5.41) is 7.59. The highest BCUT2D eigenvalue weighted by atomic mass is 35.5. The van der Waals surface area contributed by atoms with Crippen molar-refractivity contribution >= 4 is 23.9 Å². The van der Waals surface area contributed by atoms with E-state index in [2.05, 4.69) is 17.0 Å². The Bertz CT molecular complexity index is 672. The molecular weight excluding hydrogens is 289 g/mol. The summed E-state index contributed by atoms with van der Waals surface area (Å²) in [7, 11) is 0. The molecule has 0 aliphatic carbocycles. The van der Waals surface area contributed by atoms with Gasteiger partial charge in [-0.25, -0.2) is 4.39 Å². The van der Waals surface area contributed by atoms with E-state index in [1.165, 1.54) is 17.2 Å². The molecule has 3 rings (SSSR count). The van der Waals surface area contributed by atoms with Crippen LogP contribution in [0.25, 0.3) is 0 Å². The molecular formula is C16H17ClFN3. The Morgan fingerprint density at radius 3 is 2.52 bits per heavy atom. The zero-order valence-corrected chi connectivity index (χ0v) is 12.3. The Labute approximate surface area is 129 Å². The van der Waals surface area contributed by atoms with E-state index in [0.29, 0.717) is 5.69 Å². The molecule has 3 nitrogen and oxygen atoms in total. The molecule has 0 spiro atoms. The van der Waals surface area contributed by atoms with Crippen molar-refractivity contribution in [2.75, 3.05) is 11.4 Å². The molecule has 1 aliphatic rings. The number of hydrogen-bond donors (Lipinski definition) is 2. The van der Waals surface area contributed by atoms with Crippen LogP contribution in [0.3, 0.4) is 0 Å². The minimum atomic E-state index is -0.436. The van der Waals surface area contributed by atoms with Gasteiger partial charge in [0.25, 0.3) is 0 Å². The standard InChI is InChI=1S/C16H16FN3.ClH/c17-13-6-3-7-14(15(13)16(18)19)20-9-8-11-4-1-2-5-12(11)10-20;/h1-7H,8-10H2,(H3,18,19);1H. The van der Waals surface area contributed by atoms with E-state index in [9.17, 15) is 4.39 Å². The van der Waals surface area contributed by atoms with Crippen molar-refractivity contribution in [2.24, 2.45) is 5.73 Å². The summed E-state index contributed by atoms with van der Waals surface area (Å²) in [4.78, 5) is 2.09. The summed E-state index contributed by atoms with van der Waals surface area (Å²) < 4.78 is 13.9. The minimum Gasteiger partial charge on any atom is -0.384 e. The maximum absolute atomic E-state index is 13.9. The second-order valence-corrected chi connectivity index (χ2v) is 4.99. The normalized spacial score (nSPS) is 13.3. The minimum absolute atomic E-state index is 0. The number of hydrogen-bond acceptors (Lipinski definition) is 2. The van der Waals surface area contributed by atoms with E-state index in [-0.39, 0.29) is 23.8 Å². The van der Waals surface area contributed by atoms with Crippen molar-refractivity contribution in [1.29, 1.82) is 5.41 Å². The number of rotatable bonds is 2. The Morgan fingerprint density at radius 2 is 1.81 bits per heavy atom. The molecule has 0 saturated heterocycles. The highest BCUT2D eigenvalue weighted by Crippen LogP contribution is 2.28. The molecule has 21 heavy (non-hydrogen) atoms. The van der Waals surface area contributed by atoms with Gasteiger partial charge >= 0.3 is 0 Å². The molecule has 1 heterocycles. The van der Waals surface area contributed by atoms with Crippen molar-refractivity contribution < 1.29 is 4.39 Å². The van der Waals surface area contributed by atoms with E-state index in [1.807, 2.05) is 18.2 Å². The summed E-state index contributed by atoms with van der Waals surface area (Å²) >= 11 is 0. The molecule has 0 atom stereocenters. The fraction of sp³-hybridized carbons (Fsp3) is 0.188. The van der Waals surface area contributed by atoms with Gasteiger partial charge in [0.1, 0.15) is 11.7 Å². The van der Waals surface area contributed by atoms with Crippen LogP contribution in [0, 0.1) is 11.2 Å². The van der Waals surface area contributed by atoms with Crippen molar-refractivity contribution in [3.63, 3.8) is 0 Å². The summed E-state index contributed by atoms with van der Waals surface area (Å²) in [5.74, 6) is -0.661. The van der Waals surface area contributed by atoms with E-state index in [1.54, 1.807) is 6.07 Å². The predicted molar refractivity (Wildman–Crippen MR) is 85.9 cm³/mol. The van der Waals surface area contributed by atoms with E-state index in [0.717, 1.165) is 19.5 Å². The van der Waals surface area contributed by atoms with Crippen LogP contribution in [0.2, 0.25) is 0 Å². The van der Waals surface area contributed by atoms with Gasteiger partial charge in [-0.1, -0.05) is 30.3 Å². The second kappa shape index (κ2) is 6.14. The molecule has 110 valence electrons. The van der Waals surface area contributed by atoms with Crippen LogP contribution in [0.4, 0.5) is 10.1 Å². The number of anilines is 1. The third kappa shape index (κ3) is 2.85. The molecule has 0 unspecified atom stereocenters. The summed E-state index contributed by atoms with van der Waals surface area (Å²) in [6, 6.07) is 13.1. The zero-order valence-electron chi connectivity index (χ0n) is 11.5. The Kier molecular flexibility index (Phi) is 4.48. The lowest BCUT2D eigenvalue weighted by molar-refractivity contribution is 0.622. The monoisotopic (exact) mass is 305 g/mol. The highest BCUT2D eigenvalue weighted by molar-refractivity contribution is 6.00. The van der Waals surface area contributed by atoms with Crippen molar-refractivity contribution in [2.45, 2.75) is 13.0 Å². The van der Waals surface area contributed by atoms with E-state index in [4.69, 9.17) is 11.1 Å². The van der Waals surface area contributed by atoms with E-state index < -0.39 is 5.82 Å². The first-order chi connectivity index (χ1) is 9.66. The van der Waals surface area contributed by atoms with Crippen LogP contribution in [0.15, 0.2) is 42.5 Å². The molecule has 0 fully saturated rings. The molecule has 0 saturated carbocycles. The lowest BCUT2D eigenvalue weighted by Crippen LogP contribution is -2.32. The Morgan fingerprint density at radius 1 is 1.10 bits per heavy atom. The molecule has 5 heteroatoms. The number of nitrogen functional groups attached to an aromatic ring is 1. The first-order valence-corrected chi connectivity index (χ1v) is 6.61. The van der Waals surface area contributed by atoms with Crippen LogP contribution >= 0.6 is 12.4 Å². The molecule has 1 aliphatic heterocycles. The summed E-state index contributed by atoms with van der Waals surface area (Å²) in [6.07, 6.45) is 0.921. The van der Waals surface area contributed by atoms with Gasteiger partial charge in [-0.2, -0.15) is 0 Å². The lowest BCUT2D eigenvalue weighted by Gasteiger charge is -2.32. The van der Waals surface area contributed by atoms with Gasteiger partial charge in [-0.15, -0.1) is 12.4 Å². The van der Waals surface area contributed by atoms with Crippen LogP contribution in [-0.4, -0.2) is 12.4 Å². The number of nitrogens with two attached hydrogens (primary N) is 1. The Balaban J connectivity index is 0.00000161. The number of nitrogens with one attached hydrogen (secondary N) is 1. The first-order valence-electron chi connectivity index (χ1n) is 6.61. The van der Waals surface area contributed by atoms with Crippen LogP contribution in [-0.2, 0) is 13.0 Å². The summed E-state index contributed by atoms with van der Waals surface area (Å²) in [6.45, 7) is 1.53. The molecule has 0 aromatic heterocycles. The Hall–Kier alpha value is -2.07. The maximum Gasteiger partial charge on any atom is 0.136 e. The van der Waals surface area contributed by atoms with Crippen molar-refractivity contribution in [3.05, 3.63) is 65.0 Å². The number of amidine groups is 1. The van der Waals surface area contributed by atoms with Gasteiger partial charge in [0.15, 0.2) is 0 Å². The quantitative estimate of drug-likeness (QED) is 0.662. The number of halogens is 2. The fourth-order valence-electron chi connectivity index (χ4n) is 2.74. The molecule has 2 aromatic rings. The highest BCUT2D eigenvalue weighted by Gasteiger charge is 2.21. The third-order valence-electron chi connectivity index (χ3n) is 3.73. The lowest BCUT2D eigenvalue weighted by atomic mass is 9.98. The van der Waals surface area contributed by atoms with Crippen molar-refractivity contribution in [3.8, 4) is 0 Å². The average Bonchev–Trinajstić information content (AvgIpc) is 2.46.